The van der Waals surface area contributed by atoms with Crippen molar-refractivity contribution in [3.05, 3.63) is 93.6 Å². The van der Waals surface area contributed by atoms with Crippen molar-refractivity contribution in [3.8, 4) is 22.3 Å². The van der Waals surface area contributed by atoms with Crippen LogP contribution in [0, 0.1) is 5.82 Å². The Kier molecular flexibility index (Phi) is 4.64. The third-order valence-corrected chi connectivity index (χ3v) is 6.36. The number of para-hydroxylation sites is 2. The van der Waals surface area contributed by atoms with Crippen LogP contribution in [-0.2, 0) is 0 Å². The van der Waals surface area contributed by atoms with Gasteiger partial charge in [-0.25, -0.2) is 4.39 Å². The molecule has 0 unspecified atom stereocenters. The SMILES string of the molecule is Fc1ccc2c(c1)Nc1c(Nc3c(Br)cccc3Br)cccc1-c1ccccc1-2. The fraction of sp³-hybridized carbons (Fsp3) is 0. The van der Waals surface area contributed by atoms with Crippen molar-refractivity contribution in [1.29, 1.82) is 0 Å². The normalized spacial score (nSPS) is 11.6. The highest BCUT2D eigenvalue weighted by molar-refractivity contribution is 9.11. The van der Waals surface area contributed by atoms with E-state index in [4.69, 9.17) is 0 Å². The zero-order valence-corrected chi connectivity index (χ0v) is 18.3. The predicted molar refractivity (Wildman–Crippen MR) is 126 cm³/mol. The van der Waals surface area contributed by atoms with E-state index in [1.54, 1.807) is 6.07 Å². The molecule has 4 aromatic rings. The van der Waals surface area contributed by atoms with E-state index in [0.29, 0.717) is 0 Å². The second kappa shape index (κ2) is 7.32. The van der Waals surface area contributed by atoms with Crippen LogP contribution in [0.4, 0.5) is 27.1 Å². The Morgan fingerprint density at radius 1 is 0.690 bits per heavy atom. The molecule has 0 aromatic heterocycles. The molecule has 0 fully saturated rings. The number of halogens is 3. The van der Waals surface area contributed by atoms with Crippen LogP contribution in [-0.4, -0.2) is 0 Å². The molecule has 2 N–H and O–H groups in total. The zero-order valence-electron chi connectivity index (χ0n) is 15.1. The Morgan fingerprint density at radius 2 is 1.34 bits per heavy atom. The molecule has 0 saturated carbocycles. The molecule has 142 valence electrons. The second-order valence-electron chi connectivity index (χ2n) is 6.81. The molecule has 5 heteroatoms. The van der Waals surface area contributed by atoms with Gasteiger partial charge in [0.05, 0.1) is 17.1 Å². The average Bonchev–Trinajstić information content (AvgIpc) is 2.85. The first-order chi connectivity index (χ1) is 14.1. The van der Waals surface area contributed by atoms with Crippen molar-refractivity contribution >= 4 is 54.6 Å². The monoisotopic (exact) mass is 508 g/mol. The standard InChI is InChI=1S/C24H15Br2FN2/c25-19-8-4-9-20(26)24(19)28-21-10-3-7-18-16-6-2-1-5-15(16)17-12-11-14(27)13-22(17)29-23(18)21/h1-13,28-29H. The number of hydrogen-bond donors (Lipinski definition) is 2. The minimum Gasteiger partial charge on any atom is -0.353 e. The largest absolute Gasteiger partial charge is 0.353 e. The molecule has 0 amide bonds. The number of hydrogen-bond acceptors (Lipinski definition) is 2. The highest BCUT2D eigenvalue weighted by atomic mass is 79.9. The van der Waals surface area contributed by atoms with Gasteiger partial charge in [-0.1, -0.05) is 42.5 Å². The van der Waals surface area contributed by atoms with Gasteiger partial charge in [0.15, 0.2) is 0 Å². The minimum atomic E-state index is -0.267. The molecule has 0 bridgehead atoms. The van der Waals surface area contributed by atoms with Gasteiger partial charge in [0.25, 0.3) is 0 Å². The topological polar surface area (TPSA) is 24.1 Å². The molecule has 0 atom stereocenters. The van der Waals surface area contributed by atoms with E-state index >= 15 is 0 Å². The maximum atomic E-state index is 14.1. The molecule has 1 heterocycles. The summed E-state index contributed by atoms with van der Waals surface area (Å²) in [6, 6.07) is 25.2. The van der Waals surface area contributed by atoms with E-state index in [2.05, 4.69) is 60.7 Å². The molecular formula is C24H15Br2FN2. The third-order valence-electron chi connectivity index (χ3n) is 5.04. The van der Waals surface area contributed by atoms with Crippen LogP contribution in [0.25, 0.3) is 22.3 Å². The Labute approximate surface area is 185 Å². The molecule has 1 aliphatic rings. The summed E-state index contributed by atoms with van der Waals surface area (Å²) in [6.07, 6.45) is 0. The highest BCUT2D eigenvalue weighted by Gasteiger charge is 2.21. The number of fused-ring (bicyclic) bond motifs is 5. The Hall–Kier alpha value is -2.63. The fourth-order valence-corrected chi connectivity index (χ4v) is 4.91. The van der Waals surface area contributed by atoms with E-state index in [1.807, 2.05) is 48.5 Å². The molecule has 5 rings (SSSR count). The summed E-state index contributed by atoms with van der Waals surface area (Å²) < 4.78 is 16.0. The summed E-state index contributed by atoms with van der Waals surface area (Å²) in [7, 11) is 0. The van der Waals surface area contributed by atoms with Crippen LogP contribution in [0.1, 0.15) is 0 Å². The molecule has 2 nitrogen and oxygen atoms in total. The van der Waals surface area contributed by atoms with E-state index in [1.165, 1.54) is 6.07 Å². The molecule has 1 aliphatic heterocycles. The smallest absolute Gasteiger partial charge is 0.125 e. The van der Waals surface area contributed by atoms with Crippen molar-refractivity contribution in [2.24, 2.45) is 0 Å². The summed E-state index contributed by atoms with van der Waals surface area (Å²) in [5.41, 5.74) is 7.71. The Balaban J connectivity index is 1.74. The average molecular weight is 510 g/mol. The van der Waals surface area contributed by atoms with Crippen molar-refractivity contribution in [3.63, 3.8) is 0 Å². The van der Waals surface area contributed by atoms with Crippen molar-refractivity contribution < 1.29 is 4.39 Å². The van der Waals surface area contributed by atoms with Gasteiger partial charge in [-0.15, -0.1) is 0 Å². The first-order valence-electron chi connectivity index (χ1n) is 9.12. The Morgan fingerprint density at radius 3 is 2.10 bits per heavy atom. The Bertz CT molecular complexity index is 1230. The minimum absolute atomic E-state index is 0.267. The lowest BCUT2D eigenvalue weighted by molar-refractivity contribution is 0.628. The van der Waals surface area contributed by atoms with Crippen LogP contribution in [0.3, 0.4) is 0 Å². The summed E-state index contributed by atoms with van der Waals surface area (Å²) in [4.78, 5) is 0. The van der Waals surface area contributed by atoms with Crippen LogP contribution in [0.2, 0.25) is 0 Å². The molecular weight excluding hydrogens is 495 g/mol. The maximum Gasteiger partial charge on any atom is 0.125 e. The molecule has 4 aromatic carbocycles. The van der Waals surface area contributed by atoms with Crippen LogP contribution in [0.15, 0.2) is 87.8 Å². The zero-order chi connectivity index (χ0) is 20.0. The lowest BCUT2D eigenvalue weighted by atomic mass is 9.94. The summed E-state index contributed by atoms with van der Waals surface area (Å²) in [5, 5.41) is 7.01. The maximum absolute atomic E-state index is 14.1. The summed E-state index contributed by atoms with van der Waals surface area (Å²) >= 11 is 7.23. The van der Waals surface area contributed by atoms with E-state index in [0.717, 1.165) is 53.9 Å². The number of benzene rings is 4. The summed E-state index contributed by atoms with van der Waals surface area (Å²) in [5.74, 6) is -0.267. The van der Waals surface area contributed by atoms with Crippen molar-refractivity contribution in [2.75, 3.05) is 10.6 Å². The quantitative estimate of drug-likeness (QED) is 0.249. The number of rotatable bonds is 2. The lowest BCUT2D eigenvalue weighted by Crippen LogP contribution is -2.00. The molecule has 0 radical (unpaired) electrons. The second-order valence-corrected chi connectivity index (χ2v) is 8.52. The van der Waals surface area contributed by atoms with Gasteiger partial charge >= 0.3 is 0 Å². The first-order valence-corrected chi connectivity index (χ1v) is 10.7. The summed E-state index contributed by atoms with van der Waals surface area (Å²) in [6.45, 7) is 0. The molecule has 0 saturated heterocycles. The van der Waals surface area contributed by atoms with Gasteiger partial charge in [0.1, 0.15) is 5.82 Å². The fourth-order valence-electron chi connectivity index (χ4n) is 3.71. The highest BCUT2D eigenvalue weighted by Crippen LogP contribution is 2.48. The van der Waals surface area contributed by atoms with Gasteiger partial charge < -0.3 is 10.6 Å². The number of anilines is 4. The van der Waals surface area contributed by atoms with Crippen LogP contribution in [0.5, 0.6) is 0 Å². The van der Waals surface area contributed by atoms with Crippen LogP contribution < -0.4 is 10.6 Å². The van der Waals surface area contributed by atoms with E-state index in [-0.39, 0.29) is 5.82 Å². The first kappa shape index (κ1) is 18.4. The van der Waals surface area contributed by atoms with Gasteiger partial charge in [-0.05, 0) is 79.4 Å². The van der Waals surface area contributed by atoms with E-state index in [9.17, 15) is 4.39 Å². The van der Waals surface area contributed by atoms with E-state index < -0.39 is 0 Å². The molecule has 0 spiro atoms. The van der Waals surface area contributed by atoms with Gasteiger partial charge in [0, 0.05) is 25.8 Å². The van der Waals surface area contributed by atoms with Crippen molar-refractivity contribution in [2.45, 2.75) is 0 Å². The van der Waals surface area contributed by atoms with Crippen LogP contribution >= 0.6 is 31.9 Å². The molecule has 0 aliphatic carbocycles. The number of nitrogens with one attached hydrogen (secondary N) is 2. The third kappa shape index (κ3) is 3.24. The van der Waals surface area contributed by atoms with Gasteiger partial charge in [0.2, 0.25) is 0 Å². The molecule has 29 heavy (non-hydrogen) atoms. The van der Waals surface area contributed by atoms with Gasteiger partial charge in [-0.3, -0.25) is 0 Å². The van der Waals surface area contributed by atoms with Crippen molar-refractivity contribution in [1.82, 2.24) is 0 Å². The predicted octanol–water partition coefficient (Wildman–Crippen LogP) is 8.49. The van der Waals surface area contributed by atoms with Gasteiger partial charge in [-0.2, -0.15) is 0 Å². The lowest BCUT2D eigenvalue weighted by Gasteiger charge is -2.18.